The van der Waals surface area contributed by atoms with Crippen molar-refractivity contribution in [3.63, 3.8) is 0 Å². The van der Waals surface area contributed by atoms with E-state index >= 15 is 0 Å². The molecule has 19 heavy (non-hydrogen) atoms. The van der Waals surface area contributed by atoms with Crippen molar-refractivity contribution in [2.24, 2.45) is 0 Å². The molecule has 104 valence electrons. The van der Waals surface area contributed by atoms with Crippen LogP contribution in [0.5, 0.6) is 0 Å². The van der Waals surface area contributed by atoms with Crippen LogP contribution in [-0.4, -0.2) is 30.9 Å². The molecule has 0 bridgehead atoms. The van der Waals surface area contributed by atoms with Gasteiger partial charge in [-0.25, -0.2) is 0 Å². The summed E-state index contributed by atoms with van der Waals surface area (Å²) < 4.78 is 17.1. The van der Waals surface area contributed by atoms with Crippen LogP contribution in [0.25, 0.3) is 0 Å². The Morgan fingerprint density at radius 2 is 1.95 bits per heavy atom. The molecule has 3 rings (SSSR count). The lowest BCUT2D eigenvalue weighted by atomic mass is 9.90. The Morgan fingerprint density at radius 3 is 2.53 bits per heavy atom. The third-order valence-corrected chi connectivity index (χ3v) is 4.12. The first-order valence-electron chi connectivity index (χ1n) is 6.51. The summed E-state index contributed by atoms with van der Waals surface area (Å²) in [5, 5.41) is 2.99. The van der Waals surface area contributed by atoms with Crippen LogP contribution in [0, 0.1) is 0 Å². The SMILES string of the molecule is O=C(NC1CCC2(CC1)OCCO2)c1ccc(Br)o1. The van der Waals surface area contributed by atoms with Gasteiger partial charge in [-0.2, -0.15) is 0 Å². The van der Waals surface area contributed by atoms with Crippen LogP contribution in [0.15, 0.2) is 21.2 Å². The molecule has 2 aliphatic rings. The van der Waals surface area contributed by atoms with E-state index in [9.17, 15) is 4.79 Å². The lowest BCUT2D eigenvalue weighted by Crippen LogP contribution is -2.43. The van der Waals surface area contributed by atoms with Crippen molar-refractivity contribution in [3.8, 4) is 0 Å². The molecule has 0 aromatic carbocycles. The molecular weight excluding hydrogens is 314 g/mol. The summed E-state index contributed by atoms with van der Waals surface area (Å²) in [7, 11) is 0. The van der Waals surface area contributed by atoms with E-state index in [-0.39, 0.29) is 17.7 Å². The molecule has 1 aliphatic carbocycles. The molecule has 1 saturated carbocycles. The van der Waals surface area contributed by atoms with Gasteiger partial charge in [0.2, 0.25) is 0 Å². The maximum atomic E-state index is 12.0. The van der Waals surface area contributed by atoms with Crippen molar-refractivity contribution < 1.29 is 18.7 Å². The van der Waals surface area contributed by atoms with E-state index in [1.807, 2.05) is 0 Å². The van der Waals surface area contributed by atoms with Gasteiger partial charge < -0.3 is 19.2 Å². The third kappa shape index (κ3) is 2.85. The maximum Gasteiger partial charge on any atom is 0.287 e. The highest BCUT2D eigenvalue weighted by Crippen LogP contribution is 2.35. The number of ether oxygens (including phenoxy) is 2. The third-order valence-electron chi connectivity index (χ3n) is 3.69. The lowest BCUT2D eigenvalue weighted by Gasteiger charge is -2.35. The molecule has 0 radical (unpaired) electrons. The van der Waals surface area contributed by atoms with Gasteiger partial charge in [-0.15, -0.1) is 0 Å². The van der Waals surface area contributed by atoms with Crippen LogP contribution in [0.1, 0.15) is 36.2 Å². The summed E-state index contributed by atoms with van der Waals surface area (Å²) in [5.41, 5.74) is 0. The van der Waals surface area contributed by atoms with Crippen molar-refractivity contribution in [1.29, 1.82) is 0 Å². The summed E-state index contributed by atoms with van der Waals surface area (Å²) in [5.74, 6) is -0.213. The fourth-order valence-electron chi connectivity index (χ4n) is 2.68. The number of carbonyl (C=O) groups is 1. The summed E-state index contributed by atoms with van der Waals surface area (Å²) in [6, 6.07) is 3.53. The number of hydrogen-bond acceptors (Lipinski definition) is 4. The highest BCUT2D eigenvalue weighted by atomic mass is 79.9. The number of nitrogens with one attached hydrogen (secondary N) is 1. The number of halogens is 1. The molecule has 1 aromatic heterocycles. The predicted molar refractivity (Wildman–Crippen MR) is 70.8 cm³/mol. The van der Waals surface area contributed by atoms with Gasteiger partial charge in [-0.1, -0.05) is 0 Å². The van der Waals surface area contributed by atoms with Gasteiger partial charge in [-0.3, -0.25) is 4.79 Å². The molecule has 0 unspecified atom stereocenters. The standard InChI is InChI=1S/C13H16BrNO4/c14-11-2-1-10(19-11)12(16)15-9-3-5-13(6-4-9)17-7-8-18-13/h1-2,9H,3-8H2,(H,15,16). The Kier molecular flexibility index (Phi) is 3.64. The molecule has 2 fully saturated rings. The van der Waals surface area contributed by atoms with E-state index in [0.29, 0.717) is 23.6 Å². The van der Waals surface area contributed by atoms with Crippen LogP contribution in [0.4, 0.5) is 0 Å². The van der Waals surface area contributed by atoms with E-state index in [0.717, 1.165) is 25.7 Å². The molecule has 1 aliphatic heterocycles. The summed E-state index contributed by atoms with van der Waals surface area (Å²) in [4.78, 5) is 12.0. The Balaban J connectivity index is 1.53. The Hall–Kier alpha value is -0.850. The molecule has 5 nitrogen and oxygen atoms in total. The molecule has 0 atom stereocenters. The molecule has 1 saturated heterocycles. The molecular formula is C13H16BrNO4. The zero-order valence-corrected chi connectivity index (χ0v) is 12.1. The second-order valence-corrected chi connectivity index (χ2v) is 5.74. The fourth-order valence-corrected chi connectivity index (χ4v) is 2.99. The second kappa shape index (κ2) is 5.26. The quantitative estimate of drug-likeness (QED) is 0.905. The van der Waals surface area contributed by atoms with E-state index in [2.05, 4.69) is 21.2 Å². The number of furan rings is 1. The number of hydrogen-bond donors (Lipinski definition) is 1. The summed E-state index contributed by atoms with van der Waals surface area (Å²) >= 11 is 3.19. The Bertz CT molecular complexity index is 457. The average molecular weight is 330 g/mol. The highest BCUT2D eigenvalue weighted by Gasteiger charge is 2.40. The number of rotatable bonds is 2. The highest BCUT2D eigenvalue weighted by molar-refractivity contribution is 9.10. The van der Waals surface area contributed by atoms with Crippen LogP contribution in [0.3, 0.4) is 0 Å². The zero-order valence-electron chi connectivity index (χ0n) is 10.5. The second-order valence-electron chi connectivity index (χ2n) is 4.96. The van der Waals surface area contributed by atoms with Crippen molar-refractivity contribution >= 4 is 21.8 Å². The minimum Gasteiger partial charge on any atom is -0.444 e. The molecule has 6 heteroatoms. The largest absolute Gasteiger partial charge is 0.444 e. The molecule has 1 spiro atoms. The smallest absolute Gasteiger partial charge is 0.287 e. The van der Waals surface area contributed by atoms with Crippen molar-refractivity contribution in [3.05, 3.63) is 22.6 Å². The Labute approximate surface area is 119 Å². The number of amides is 1. The minimum atomic E-state index is -0.380. The molecule has 1 aromatic rings. The predicted octanol–water partition coefficient (Wildman–Crippen LogP) is 2.46. The first kappa shape index (κ1) is 13.1. The first-order valence-corrected chi connectivity index (χ1v) is 7.30. The van der Waals surface area contributed by atoms with Gasteiger partial charge in [-0.05, 0) is 40.9 Å². The van der Waals surface area contributed by atoms with Gasteiger partial charge in [0, 0.05) is 18.9 Å². The van der Waals surface area contributed by atoms with Gasteiger partial charge in [0.15, 0.2) is 16.2 Å². The van der Waals surface area contributed by atoms with E-state index in [1.165, 1.54) is 0 Å². The molecule has 1 N–H and O–H groups in total. The maximum absolute atomic E-state index is 12.0. The lowest BCUT2D eigenvalue weighted by molar-refractivity contribution is -0.179. The van der Waals surface area contributed by atoms with Gasteiger partial charge in [0.05, 0.1) is 13.2 Å². The van der Waals surface area contributed by atoms with Gasteiger partial charge >= 0.3 is 0 Å². The van der Waals surface area contributed by atoms with Gasteiger partial charge in [0.25, 0.3) is 5.91 Å². The summed E-state index contributed by atoms with van der Waals surface area (Å²) in [6.07, 6.45) is 3.40. The minimum absolute atomic E-state index is 0.162. The van der Waals surface area contributed by atoms with Gasteiger partial charge in [0.1, 0.15) is 0 Å². The number of carbonyl (C=O) groups excluding carboxylic acids is 1. The fraction of sp³-hybridized carbons (Fsp3) is 0.615. The molecule has 2 heterocycles. The van der Waals surface area contributed by atoms with Crippen LogP contribution in [-0.2, 0) is 9.47 Å². The first-order chi connectivity index (χ1) is 9.17. The van der Waals surface area contributed by atoms with E-state index in [4.69, 9.17) is 13.9 Å². The zero-order chi connectivity index (χ0) is 13.3. The Morgan fingerprint density at radius 1 is 1.26 bits per heavy atom. The topological polar surface area (TPSA) is 60.7 Å². The van der Waals surface area contributed by atoms with Crippen LogP contribution >= 0.6 is 15.9 Å². The normalized spacial score (nSPS) is 22.8. The summed E-state index contributed by atoms with van der Waals surface area (Å²) in [6.45, 7) is 1.36. The van der Waals surface area contributed by atoms with E-state index < -0.39 is 0 Å². The van der Waals surface area contributed by atoms with Crippen molar-refractivity contribution in [1.82, 2.24) is 5.32 Å². The molecule has 1 amide bonds. The van der Waals surface area contributed by atoms with Crippen LogP contribution < -0.4 is 5.32 Å². The monoisotopic (exact) mass is 329 g/mol. The van der Waals surface area contributed by atoms with Crippen molar-refractivity contribution in [2.45, 2.75) is 37.5 Å². The van der Waals surface area contributed by atoms with Crippen LogP contribution in [0.2, 0.25) is 0 Å². The average Bonchev–Trinajstić information content (AvgIpc) is 3.02. The van der Waals surface area contributed by atoms with E-state index in [1.54, 1.807) is 12.1 Å². The van der Waals surface area contributed by atoms with Crippen molar-refractivity contribution in [2.75, 3.05) is 13.2 Å².